The Bertz CT molecular complexity index is 646. The zero-order valence-corrected chi connectivity index (χ0v) is 14.0. The molecule has 0 aliphatic heterocycles. The Morgan fingerprint density at radius 3 is 1.31 bits per heavy atom. The van der Waals surface area contributed by atoms with Crippen LogP contribution in [0, 0.1) is 0 Å². The fourth-order valence-electron chi connectivity index (χ4n) is 1.47. The maximum absolute atomic E-state index is 13.4. The number of carbonyl (C=O) groups is 1. The molecule has 0 aromatic rings. The SMILES string of the molecule is C=C(C)C(=O)OCC(F)(F)C(F)(F)C(F)(F)C(F)(F)C(F)(F)C(F)(F)C(C)(F)F. The lowest BCUT2D eigenvalue weighted by molar-refractivity contribution is -0.441. The molecule has 0 spiro atoms. The van der Waals surface area contributed by atoms with E-state index in [9.17, 15) is 66.3 Å². The average molecular weight is 464 g/mol. The van der Waals surface area contributed by atoms with E-state index in [0.29, 0.717) is 0 Å². The lowest BCUT2D eigenvalue weighted by Gasteiger charge is -2.42. The maximum atomic E-state index is 13.4. The quantitative estimate of drug-likeness (QED) is 0.253. The summed E-state index contributed by atoms with van der Waals surface area (Å²) >= 11 is 0. The molecule has 0 aliphatic carbocycles. The third-order valence-electron chi connectivity index (χ3n) is 3.32. The number of ether oxygens (including phenoxy) is 1. The summed E-state index contributed by atoms with van der Waals surface area (Å²) in [4.78, 5) is 10.8. The van der Waals surface area contributed by atoms with Gasteiger partial charge in [-0.25, -0.2) is 4.79 Å². The molecule has 0 fully saturated rings. The van der Waals surface area contributed by atoms with Crippen LogP contribution in [0.15, 0.2) is 12.2 Å². The van der Waals surface area contributed by atoms with Gasteiger partial charge in [0.1, 0.15) is 0 Å². The van der Waals surface area contributed by atoms with Crippen molar-refractivity contribution in [1.29, 1.82) is 0 Å². The lowest BCUT2D eigenvalue weighted by atomic mass is 9.89. The number of hydrogen-bond donors (Lipinski definition) is 0. The number of hydrogen-bond acceptors (Lipinski definition) is 2. The van der Waals surface area contributed by atoms with Crippen molar-refractivity contribution in [2.45, 2.75) is 55.3 Å². The summed E-state index contributed by atoms with van der Waals surface area (Å²) in [6, 6.07) is 0. The van der Waals surface area contributed by atoms with Crippen molar-refractivity contribution in [2.75, 3.05) is 6.61 Å². The molecule has 0 aromatic carbocycles. The minimum Gasteiger partial charge on any atom is -0.456 e. The number of rotatable bonds is 9. The van der Waals surface area contributed by atoms with E-state index in [4.69, 9.17) is 0 Å². The maximum Gasteiger partial charge on any atom is 0.384 e. The van der Waals surface area contributed by atoms with E-state index in [1.165, 1.54) is 0 Å². The molecule has 0 aromatic heterocycles. The van der Waals surface area contributed by atoms with Gasteiger partial charge in [-0.15, -0.1) is 0 Å². The minimum atomic E-state index is -8.13. The summed E-state index contributed by atoms with van der Waals surface area (Å²) in [5.74, 6) is -53.7. The Morgan fingerprint density at radius 2 is 1.00 bits per heavy atom. The first-order valence-electron chi connectivity index (χ1n) is 6.80. The predicted octanol–water partition coefficient (Wildman–Crippen LogP) is 5.57. The van der Waals surface area contributed by atoms with Crippen molar-refractivity contribution in [2.24, 2.45) is 0 Å². The summed E-state index contributed by atoms with van der Waals surface area (Å²) < 4.78 is 187. The number of carbonyl (C=O) groups excluding carboxylic acids is 1. The second-order valence-corrected chi connectivity index (χ2v) is 5.82. The second kappa shape index (κ2) is 7.18. The van der Waals surface area contributed by atoms with E-state index in [1.807, 2.05) is 0 Å². The molecule has 0 amide bonds. The minimum absolute atomic E-state index is 0.745. The van der Waals surface area contributed by atoms with Crippen LogP contribution in [0.4, 0.5) is 61.5 Å². The van der Waals surface area contributed by atoms with Crippen molar-refractivity contribution in [1.82, 2.24) is 0 Å². The van der Waals surface area contributed by atoms with Crippen molar-refractivity contribution in [3.05, 3.63) is 12.2 Å². The third kappa shape index (κ3) is 3.98. The van der Waals surface area contributed by atoms with Gasteiger partial charge < -0.3 is 4.74 Å². The van der Waals surface area contributed by atoms with Crippen molar-refractivity contribution >= 4 is 5.97 Å². The van der Waals surface area contributed by atoms with Crippen LogP contribution in [0.5, 0.6) is 0 Å². The summed E-state index contributed by atoms with van der Waals surface area (Å²) in [6.07, 6.45) is 0. The highest BCUT2D eigenvalue weighted by atomic mass is 19.4. The fourth-order valence-corrected chi connectivity index (χ4v) is 1.47. The summed E-state index contributed by atoms with van der Waals surface area (Å²) in [5, 5.41) is 0. The predicted molar refractivity (Wildman–Crippen MR) is 66.1 cm³/mol. The molecule has 0 radical (unpaired) electrons. The number of esters is 1. The molecule has 0 bridgehead atoms. The molecule has 0 saturated heterocycles. The normalized spacial score (nSPS) is 15.3. The van der Waals surface area contributed by atoms with Crippen molar-refractivity contribution in [3.8, 4) is 0 Å². The van der Waals surface area contributed by atoms with Crippen LogP contribution in [0.1, 0.15) is 13.8 Å². The highest BCUT2D eigenvalue weighted by molar-refractivity contribution is 5.86. The summed E-state index contributed by atoms with van der Waals surface area (Å²) in [7, 11) is 0. The van der Waals surface area contributed by atoms with Crippen LogP contribution in [0.2, 0.25) is 0 Å². The van der Waals surface area contributed by atoms with Gasteiger partial charge in [0.2, 0.25) is 0 Å². The second-order valence-electron chi connectivity index (χ2n) is 5.82. The van der Waals surface area contributed by atoms with E-state index >= 15 is 0 Å². The first kappa shape index (κ1) is 27.2. The molecule has 0 N–H and O–H groups in total. The molecule has 2 nitrogen and oxygen atoms in total. The van der Waals surface area contributed by atoms with Gasteiger partial charge >= 0.3 is 47.4 Å². The molecule has 0 aliphatic rings. The van der Waals surface area contributed by atoms with Gasteiger partial charge in [-0.3, -0.25) is 0 Å². The monoisotopic (exact) mass is 464 g/mol. The van der Waals surface area contributed by atoms with E-state index in [0.717, 1.165) is 6.92 Å². The van der Waals surface area contributed by atoms with Crippen LogP contribution < -0.4 is 0 Å². The number of halogens is 14. The topological polar surface area (TPSA) is 26.3 Å². The zero-order chi connectivity index (χ0) is 24.1. The molecule has 0 saturated carbocycles. The highest BCUT2D eigenvalue weighted by Crippen LogP contribution is 2.62. The molecule has 29 heavy (non-hydrogen) atoms. The van der Waals surface area contributed by atoms with Crippen LogP contribution in [0.25, 0.3) is 0 Å². The molecule has 0 atom stereocenters. The number of alkyl halides is 14. The Morgan fingerprint density at radius 1 is 0.690 bits per heavy atom. The Balaban J connectivity index is 6.28. The summed E-state index contributed by atoms with van der Waals surface area (Å²) in [6.45, 7) is -0.715. The van der Waals surface area contributed by atoms with Crippen LogP contribution in [-0.4, -0.2) is 54.0 Å². The first-order valence-corrected chi connectivity index (χ1v) is 6.80. The molecule has 16 heteroatoms. The third-order valence-corrected chi connectivity index (χ3v) is 3.32. The summed E-state index contributed by atoms with van der Waals surface area (Å²) in [5.41, 5.74) is -0.766. The van der Waals surface area contributed by atoms with Gasteiger partial charge in [0.25, 0.3) is 0 Å². The Hall–Kier alpha value is -1.77. The van der Waals surface area contributed by atoms with E-state index in [2.05, 4.69) is 11.3 Å². The van der Waals surface area contributed by atoms with Crippen LogP contribution in [-0.2, 0) is 9.53 Å². The highest BCUT2D eigenvalue weighted by Gasteiger charge is 2.92. The molecular weight excluding hydrogens is 454 g/mol. The van der Waals surface area contributed by atoms with E-state index in [1.54, 1.807) is 0 Å². The van der Waals surface area contributed by atoms with Gasteiger partial charge in [-0.05, 0) is 6.92 Å². The van der Waals surface area contributed by atoms with Crippen LogP contribution >= 0.6 is 0 Å². The standard InChI is InChI=1S/C13H10F14O2/c1-5(2)6(28)29-4-8(16,17)10(20,21)12(24,25)13(26,27)11(22,23)9(18,19)7(3,14)15/h1,4H2,2-3H3. The fraction of sp³-hybridized carbons (Fsp3) is 0.769. The van der Waals surface area contributed by atoms with E-state index in [-0.39, 0.29) is 0 Å². The zero-order valence-electron chi connectivity index (χ0n) is 14.0. The smallest absolute Gasteiger partial charge is 0.384 e. The Labute approximate surface area is 152 Å². The van der Waals surface area contributed by atoms with Gasteiger partial charge in [0.15, 0.2) is 6.61 Å². The first-order chi connectivity index (χ1) is 12.3. The van der Waals surface area contributed by atoms with Crippen LogP contribution in [0.3, 0.4) is 0 Å². The van der Waals surface area contributed by atoms with Crippen molar-refractivity contribution in [3.63, 3.8) is 0 Å². The molecule has 0 unspecified atom stereocenters. The molecule has 0 rings (SSSR count). The molecule has 0 heterocycles. The van der Waals surface area contributed by atoms with Gasteiger partial charge in [0.05, 0.1) is 0 Å². The van der Waals surface area contributed by atoms with Gasteiger partial charge in [0, 0.05) is 12.5 Å². The van der Waals surface area contributed by atoms with Gasteiger partial charge in [-0.1, -0.05) is 6.58 Å². The lowest BCUT2D eigenvalue weighted by Crippen LogP contribution is -2.73. The Kier molecular flexibility index (Phi) is 6.74. The largest absolute Gasteiger partial charge is 0.456 e. The average Bonchev–Trinajstić information content (AvgIpc) is 2.50. The van der Waals surface area contributed by atoms with E-state index < -0.39 is 66.5 Å². The molecular formula is C13H10F14O2. The van der Waals surface area contributed by atoms with Crippen molar-refractivity contribution < 1.29 is 71.0 Å². The molecule has 172 valence electrons. The van der Waals surface area contributed by atoms with Gasteiger partial charge in [-0.2, -0.15) is 61.5 Å².